The van der Waals surface area contributed by atoms with E-state index in [1.807, 2.05) is 91.0 Å². The lowest BCUT2D eigenvalue weighted by Gasteiger charge is -2.14. The van der Waals surface area contributed by atoms with Gasteiger partial charge >= 0.3 is 5.97 Å². The molecule has 0 radical (unpaired) electrons. The van der Waals surface area contributed by atoms with Crippen molar-refractivity contribution in [2.45, 2.75) is 150 Å². The Hall–Kier alpha value is -10.2. The van der Waals surface area contributed by atoms with E-state index in [-0.39, 0.29) is 49.7 Å². The molecule has 9 aromatic rings. The number of aryl methyl sites for hydroxylation is 4. The summed E-state index contributed by atoms with van der Waals surface area (Å²) in [6.07, 6.45) is 10.7. The number of nitrogens with zero attached hydrogens (tertiary/aromatic N) is 8. The van der Waals surface area contributed by atoms with Crippen LogP contribution in [0.25, 0.3) is 43.9 Å². The van der Waals surface area contributed by atoms with E-state index in [0.29, 0.717) is 134 Å². The highest BCUT2D eigenvalue weighted by Crippen LogP contribution is 2.32. The molecule has 0 unspecified atom stereocenters. The van der Waals surface area contributed by atoms with Gasteiger partial charge in [-0.3, -0.25) is 29.2 Å². The molecule has 0 aliphatic rings. The van der Waals surface area contributed by atoms with E-state index in [1.165, 1.54) is 0 Å². The van der Waals surface area contributed by atoms with Crippen molar-refractivity contribution in [2.24, 2.45) is 9.98 Å². The molecule has 0 atom stereocenters. The van der Waals surface area contributed by atoms with Gasteiger partial charge in [0.1, 0.15) is 34.3 Å². The van der Waals surface area contributed by atoms with Gasteiger partial charge in [-0.25, -0.2) is 28.7 Å². The van der Waals surface area contributed by atoms with Gasteiger partial charge in [0.05, 0.1) is 87.9 Å². The molecule has 4 heterocycles. The smallest absolute Gasteiger partial charge is 0.313 e. The number of nitrogens with two attached hydrogens (primary N) is 2. The number of hydrogen-bond donors (Lipinski definition) is 7. The van der Waals surface area contributed by atoms with Crippen LogP contribution < -0.4 is 42.8 Å². The molecule has 0 spiro atoms. The molecule has 26 nitrogen and oxygen atoms in total. The lowest BCUT2D eigenvalue weighted by atomic mass is 10.1. The second-order valence-electron chi connectivity index (χ2n) is 26.6. The number of anilines is 4. The summed E-state index contributed by atoms with van der Waals surface area (Å²) in [6.45, 7) is 13.1. The molecule has 5 aromatic carbocycles. The highest BCUT2D eigenvalue weighted by atomic mass is 19.2. The van der Waals surface area contributed by atoms with Crippen molar-refractivity contribution in [3.05, 3.63) is 149 Å². The maximum absolute atomic E-state index is 13.9. The monoisotopic (exact) mass is 1550 g/mol. The summed E-state index contributed by atoms with van der Waals surface area (Å²) in [5.74, 6) is -5.41. The standard InChI is InChI=1S/C44H53F4N7O6.C38H54N8O5/c1-3-4-16-36-54-41-42(31-13-5-6-14-34(31)53-44(41)49)55(36)20-8-7-19-50-35(52-30-12-9-11-29(26-30)28-51-37(56)17-22-60-25-24-58-2)15-10-21-59-23-18-38(57)61-43-39(47)32(45)27-33(46)40(43)48;1-4-5-15-33-45-35-36(31-13-6-7-14-32(31)44-37(35)39)46(33)20-9-8-18-40-38(41-19-23-50-21-16-28(2)47)43-30-12-10-11-29(26-30)27-42-34(48)17-22-51-25-24-49-3/h5-6,9,11-14,26-27H,3-4,7-8,10,15-25,28H2,1-2H3,(H2,49,53)(H,50,52)(H,51,56);6-7,10-14,26H,4-5,8-9,15-25,27H2,1-3H3,(H2,39,44)(H,42,48)(H2,40,41,43). The molecule has 9 rings (SSSR count). The number of hydrogen-bond acceptors (Lipinski definition) is 19. The molecular weight excluding hydrogens is 1450 g/mol. The van der Waals surface area contributed by atoms with Gasteiger partial charge < -0.3 is 80.3 Å². The predicted molar refractivity (Wildman–Crippen MR) is 428 cm³/mol. The minimum Gasteiger partial charge on any atom is -0.420 e. The van der Waals surface area contributed by atoms with E-state index >= 15 is 0 Å². The molecule has 604 valence electrons. The molecule has 0 saturated heterocycles. The van der Waals surface area contributed by atoms with Gasteiger partial charge in [0.25, 0.3) is 0 Å². The van der Waals surface area contributed by atoms with Crippen molar-refractivity contribution in [1.82, 2.24) is 45.0 Å². The Morgan fingerprint density at radius 3 is 1.51 bits per heavy atom. The Morgan fingerprint density at radius 2 is 0.982 bits per heavy atom. The van der Waals surface area contributed by atoms with Crippen LogP contribution in [0.15, 0.2) is 113 Å². The number of Topliss-reactive ketones (excluding diaryl/α,β-unsaturated/α-hetero) is 1. The lowest BCUT2D eigenvalue weighted by Crippen LogP contribution is -2.34. The number of halogens is 4. The number of unbranched alkanes of at least 4 members (excludes halogenated alkanes) is 4. The second kappa shape index (κ2) is 47.9. The van der Waals surface area contributed by atoms with Crippen molar-refractivity contribution in [3.63, 3.8) is 0 Å². The minimum atomic E-state index is -1.80. The van der Waals surface area contributed by atoms with Crippen LogP contribution in [-0.2, 0) is 86.6 Å². The van der Waals surface area contributed by atoms with Crippen LogP contribution in [0, 0.1) is 23.3 Å². The number of para-hydroxylation sites is 2. The summed E-state index contributed by atoms with van der Waals surface area (Å²) >= 11 is 0. The number of pyridine rings is 2. The van der Waals surface area contributed by atoms with Gasteiger partial charge in [-0.1, -0.05) is 87.4 Å². The number of fused-ring (bicyclic) bond motifs is 6. The summed E-state index contributed by atoms with van der Waals surface area (Å²) in [5.41, 5.74) is 21.4. The van der Waals surface area contributed by atoms with Gasteiger partial charge in [0, 0.05) is 133 Å². The zero-order chi connectivity index (χ0) is 79.8. The van der Waals surface area contributed by atoms with Crippen LogP contribution in [0.1, 0.15) is 133 Å². The summed E-state index contributed by atoms with van der Waals surface area (Å²) in [5, 5.41) is 18.1. The Bertz CT molecular complexity index is 4530. The molecule has 30 heteroatoms. The third-order valence-corrected chi connectivity index (χ3v) is 17.8. The maximum atomic E-state index is 13.9. The number of aliphatic imine (C=N–C) groups is 2. The molecule has 9 N–H and O–H groups in total. The Kier molecular flexibility index (Phi) is 37.3. The fraction of sp³-hybridized carbons (Fsp3) is 0.463. The third-order valence-electron chi connectivity index (χ3n) is 17.8. The predicted octanol–water partition coefficient (Wildman–Crippen LogP) is 12.8. The Balaban J connectivity index is 0.000000286. The SMILES string of the molecule is CCCCc1nc2c(N)nc3ccccc3c2n1CCCCN=C(CCCOCCC(=O)Oc1c(F)c(F)cc(F)c1F)Nc1cccc(CNC(=O)CCOCCOC)c1.CCCCc1nc2c(N)nc3ccccc3c2n1CCCCN=C(NCCOCCC(C)=O)Nc1cccc(CNC(=O)CCOCCOC)c1. The summed E-state index contributed by atoms with van der Waals surface area (Å²) in [6, 6.07) is 31.5. The number of amidine groups is 1. The molecule has 0 aliphatic carbocycles. The fourth-order valence-corrected chi connectivity index (χ4v) is 12.0. The number of ketones is 1. The van der Waals surface area contributed by atoms with E-state index in [9.17, 15) is 36.7 Å². The van der Waals surface area contributed by atoms with Crippen LogP contribution in [0.4, 0.5) is 40.6 Å². The first-order valence-electron chi connectivity index (χ1n) is 38.4. The van der Waals surface area contributed by atoms with Crippen molar-refractivity contribution in [2.75, 3.05) is 122 Å². The van der Waals surface area contributed by atoms with Gasteiger partial charge in [-0.2, -0.15) is 8.78 Å². The zero-order valence-corrected chi connectivity index (χ0v) is 64.9. The molecule has 2 amide bonds. The first-order valence-corrected chi connectivity index (χ1v) is 38.4. The number of carbonyl (C=O) groups is 4. The summed E-state index contributed by atoms with van der Waals surface area (Å²) in [7, 11) is 3.20. The minimum absolute atomic E-state index is 0.0301. The maximum Gasteiger partial charge on any atom is 0.313 e. The van der Waals surface area contributed by atoms with Crippen LogP contribution >= 0.6 is 0 Å². The first kappa shape index (κ1) is 87.3. The third kappa shape index (κ3) is 28.2. The van der Waals surface area contributed by atoms with Crippen molar-refractivity contribution < 1.29 is 69.9 Å². The van der Waals surface area contributed by atoms with E-state index in [2.05, 4.69) is 70.3 Å². The van der Waals surface area contributed by atoms with Crippen molar-refractivity contribution >= 4 is 102 Å². The average Bonchev–Trinajstić information content (AvgIpc) is 1.60. The lowest BCUT2D eigenvalue weighted by molar-refractivity contribution is -0.136. The number of rotatable bonds is 48. The molecule has 0 aliphatic heterocycles. The summed E-state index contributed by atoms with van der Waals surface area (Å²) < 4.78 is 95.9. The van der Waals surface area contributed by atoms with Gasteiger partial charge in [0.15, 0.2) is 29.2 Å². The fourth-order valence-electron chi connectivity index (χ4n) is 12.0. The van der Waals surface area contributed by atoms with E-state index in [1.54, 1.807) is 21.1 Å². The average molecular weight is 1550 g/mol. The van der Waals surface area contributed by atoms with Crippen molar-refractivity contribution in [3.8, 4) is 5.75 Å². The van der Waals surface area contributed by atoms with E-state index in [0.717, 1.165) is 150 Å². The number of esters is 1. The molecule has 0 bridgehead atoms. The first-order chi connectivity index (χ1) is 54.5. The highest BCUT2D eigenvalue weighted by molar-refractivity contribution is 6.07. The Morgan fingerprint density at radius 1 is 0.491 bits per heavy atom. The van der Waals surface area contributed by atoms with Crippen LogP contribution in [0.5, 0.6) is 5.75 Å². The van der Waals surface area contributed by atoms with Gasteiger partial charge in [-0.05, 0) is 99.4 Å². The number of benzene rings is 5. The topological polar surface area (TPSA) is 331 Å². The van der Waals surface area contributed by atoms with E-state index < -0.39 is 41.4 Å². The number of methoxy groups -OCH3 is 2. The molecular formula is C82H107F4N15O11. The van der Waals surface area contributed by atoms with E-state index in [4.69, 9.17) is 59.8 Å². The molecule has 0 fully saturated rings. The number of carbonyl (C=O) groups excluding carboxylic acids is 4. The largest absolute Gasteiger partial charge is 0.420 e. The quantitative estimate of drug-likeness (QED) is 0.00354. The van der Waals surface area contributed by atoms with Gasteiger partial charge in [0.2, 0.25) is 29.2 Å². The number of aromatic nitrogens is 6. The number of nitrogens with one attached hydrogen (secondary N) is 5. The molecule has 4 aromatic heterocycles. The Labute approximate surface area is 650 Å². The number of guanidine groups is 1. The van der Waals surface area contributed by atoms with Crippen molar-refractivity contribution in [1.29, 1.82) is 0 Å². The van der Waals surface area contributed by atoms with Crippen LogP contribution in [0.2, 0.25) is 0 Å². The number of amides is 2. The molecule has 112 heavy (non-hydrogen) atoms. The summed E-state index contributed by atoms with van der Waals surface area (Å²) in [4.78, 5) is 77.0. The number of ether oxygens (including phenoxy) is 7. The van der Waals surface area contributed by atoms with Crippen LogP contribution in [0.3, 0.4) is 0 Å². The zero-order valence-electron chi connectivity index (χ0n) is 64.9. The molecule has 0 saturated carbocycles. The second-order valence-corrected chi connectivity index (χ2v) is 26.6. The number of nitrogen functional groups attached to an aromatic ring is 2. The normalized spacial score (nSPS) is 11.7. The highest BCUT2D eigenvalue weighted by Gasteiger charge is 2.24. The van der Waals surface area contributed by atoms with Gasteiger partial charge in [-0.15, -0.1) is 0 Å². The van der Waals surface area contributed by atoms with Crippen LogP contribution in [-0.4, -0.2) is 164 Å². The number of imidazole rings is 2.